The summed E-state index contributed by atoms with van der Waals surface area (Å²) in [7, 11) is 0. The Kier molecular flexibility index (Phi) is 6.47. The number of para-hydroxylation sites is 2. The van der Waals surface area contributed by atoms with Crippen molar-refractivity contribution in [2.45, 2.75) is 24.8 Å². The molecule has 3 aromatic carbocycles. The molecule has 4 aromatic rings. The van der Waals surface area contributed by atoms with Crippen LogP contribution in [0.3, 0.4) is 0 Å². The summed E-state index contributed by atoms with van der Waals surface area (Å²) in [5, 5.41) is 11.2. The number of aromatic nitrogens is 2. The molecule has 0 saturated carbocycles. The van der Waals surface area contributed by atoms with E-state index in [1.807, 2.05) is 24.3 Å². The lowest BCUT2D eigenvalue weighted by Gasteiger charge is -2.13. The van der Waals surface area contributed by atoms with Crippen molar-refractivity contribution in [1.29, 1.82) is 0 Å². The first-order valence-electron chi connectivity index (χ1n) is 9.78. The van der Waals surface area contributed by atoms with Gasteiger partial charge in [-0.2, -0.15) is 0 Å². The van der Waals surface area contributed by atoms with E-state index in [2.05, 4.69) is 35.8 Å². The fourth-order valence-electron chi connectivity index (χ4n) is 3.18. The van der Waals surface area contributed by atoms with Gasteiger partial charge in [0.05, 0.1) is 30.4 Å². The van der Waals surface area contributed by atoms with E-state index in [0.717, 1.165) is 21.9 Å². The third-order valence-corrected chi connectivity index (χ3v) is 5.84. The highest BCUT2D eigenvalue weighted by molar-refractivity contribution is 7.99. The van der Waals surface area contributed by atoms with Crippen LogP contribution in [-0.2, 0) is 11.3 Å². The van der Waals surface area contributed by atoms with Crippen molar-refractivity contribution < 1.29 is 14.2 Å². The van der Waals surface area contributed by atoms with Crippen molar-refractivity contribution in [3.05, 3.63) is 89.7 Å². The quantitative estimate of drug-likeness (QED) is 0.399. The average Bonchev–Trinajstić information content (AvgIpc) is 3.13. The molecule has 0 aliphatic carbocycles. The van der Waals surface area contributed by atoms with E-state index in [-0.39, 0.29) is 19.0 Å². The zero-order chi connectivity index (χ0) is 20.9. The normalized spacial score (nSPS) is 12.4. The van der Waals surface area contributed by atoms with E-state index < -0.39 is 6.10 Å². The van der Waals surface area contributed by atoms with Crippen LogP contribution in [0.4, 0.5) is 4.39 Å². The Labute approximate surface area is 179 Å². The van der Waals surface area contributed by atoms with Crippen molar-refractivity contribution >= 4 is 22.8 Å². The topological polar surface area (TPSA) is 47.3 Å². The predicted octanol–water partition coefficient (Wildman–Crippen LogP) is 5.14. The minimum Gasteiger partial charge on any atom is -0.390 e. The van der Waals surface area contributed by atoms with Crippen LogP contribution in [-0.4, -0.2) is 33.1 Å². The van der Waals surface area contributed by atoms with E-state index in [4.69, 9.17) is 9.72 Å². The first kappa shape index (κ1) is 20.6. The van der Waals surface area contributed by atoms with Gasteiger partial charge in [-0.05, 0) is 37.3 Å². The molecule has 0 fully saturated rings. The second-order valence-electron chi connectivity index (χ2n) is 7.13. The van der Waals surface area contributed by atoms with Gasteiger partial charge in [0.1, 0.15) is 5.82 Å². The SMILES string of the molecule is Cc1ccc(-n2c(SCC(O)COCc3ccccc3F)nc3ccccc32)cc1. The van der Waals surface area contributed by atoms with Gasteiger partial charge in [0, 0.05) is 17.0 Å². The molecule has 1 heterocycles. The molecule has 0 radical (unpaired) electrons. The minimum atomic E-state index is -0.687. The molecule has 30 heavy (non-hydrogen) atoms. The van der Waals surface area contributed by atoms with E-state index in [0.29, 0.717) is 11.3 Å². The summed E-state index contributed by atoms with van der Waals surface area (Å²) >= 11 is 1.48. The molecule has 0 spiro atoms. The summed E-state index contributed by atoms with van der Waals surface area (Å²) in [5.74, 6) is 0.125. The van der Waals surface area contributed by atoms with Gasteiger partial charge >= 0.3 is 0 Å². The zero-order valence-electron chi connectivity index (χ0n) is 16.7. The van der Waals surface area contributed by atoms with Crippen LogP contribution < -0.4 is 0 Å². The number of hydrogen-bond acceptors (Lipinski definition) is 4. The lowest BCUT2D eigenvalue weighted by Crippen LogP contribution is -2.18. The summed E-state index contributed by atoms with van der Waals surface area (Å²) in [6, 6.07) is 22.8. The number of aliphatic hydroxyl groups is 1. The van der Waals surface area contributed by atoms with Crippen LogP contribution in [0.1, 0.15) is 11.1 Å². The lowest BCUT2D eigenvalue weighted by molar-refractivity contribution is 0.0386. The molecule has 154 valence electrons. The standard InChI is InChI=1S/C24H23FN2O2S/c1-17-10-12-19(13-11-17)27-23-9-5-4-8-22(23)26-24(27)30-16-20(28)15-29-14-18-6-2-3-7-21(18)25/h2-13,20,28H,14-16H2,1H3. The number of benzene rings is 3. The number of fused-ring (bicyclic) bond motifs is 1. The maximum Gasteiger partial charge on any atom is 0.173 e. The highest BCUT2D eigenvalue weighted by Crippen LogP contribution is 2.28. The number of ether oxygens (including phenoxy) is 1. The van der Waals surface area contributed by atoms with Crippen LogP contribution in [0.5, 0.6) is 0 Å². The fourth-order valence-corrected chi connectivity index (χ4v) is 4.12. The first-order chi connectivity index (χ1) is 14.6. The van der Waals surface area contributed by atoms with Gasteiger partial charge in [-0.3, -0.25) is 4.57 Å². The van der Waals surface area contributed by atoms with Crippen LogP contribution in [0, 0.1) is 12.7 Å². The monoisotopic (exact) mass is 422 g/mol. The van der Waals surface area contributed by atoms with Crippen molar-refractivity contribution in [2.75, 3.05) is 12.4 Å². The van der Waals surface area contributed by atoms with Gasteiger partial charge in [-0.25, -0.2) is 9.37 Å². The molecule has 1 unspecified atom stereocenters. The highest BCUT2D eigenvalue weighted by Gasteiger charge is 2.15. The predicted molar refractivity (Wildman–Crippen MR) is 119 cm³/mol. The number of hydrogen-bond donors (Lipinski definition) is 1. The maximum absolute atomic E-state index is 13.7. The zero-order valence-corrected chi connectivity index (χ0v) is 17.5. The summed E-state index contributed by atoms with van der Waals surface area (Å²) in [5.41, 5.74) is 4.64. The van der Waals surface area contributed by atoms with Gasteiger partial charge in [0.25, 0.3) is 0 Å². The number of halogens is 1. The van der Waals surface area contributed by atoms with Crippen LogP contribution in [0.2, 0.25) is 0 Å². The Bertz CT molecular complexity index is 1130. The van der Waals surface area contributed by atoms with Crippen molar-refractivity contribution in [1.82, 2.24) is 9.55 Å². The molecule has 1 aromatic heterocycles. The van der Waals surface area contributed by atoms with Crippen LogP contribution in [0.15, 0.2) is 78.0 Å². The van der Waals surface area contributed by atoms with E-state index in [1.165, 1.54) is 23.4 Å². The Hall–Kier alpha value is -2.67. The third-order valence-electron chi connectivity index (χ3n) is 4.75. The maximum atomic E-state index is 13.7. The Balaban J connectivity index is 1.44. The molecule has 0 amide bonds. The van der Waals surface area contributed by atoms with E-state index in [9.17, 15) is 9.50 Å². The molecule has 1 atom stereocenters. The molecule has 6 heteroatoms. The second kappa shape index (κ2) is 9.43. The van der Waals surface area contributed by atoms with Gasteiger partial charge in [-0.15, -0.1) is 0 Å². The highest BCUT2D eigenvalue weighted by atomic mass is 32.2. The van der Waals surface area contributed by atoms with Crippen molar-refractivity contribution in [3.8, 4) is 5.69 Å². The molecule has 4 nitrogen and oxygen atoms in total. The lowest BCUT2D eigenvalue weighted by atomic mass is 10.2. The fraction of sp³-hybridized carbons (Fsp3) is 0.208. The molecule has 0 saturated heterocycles. The second-order valence-corrected chi connectivity index (χ2v) is 8.11. The smallest absolute Gasteiger partial charge is 0.173 e. The summed E-state index contributed by atoms with van der Waals surface area (Å²) in [4.78, 5) is 4.75. The van der Waals surface area contributed by atoms with Crippen molar-refractivity contribution in [3.63, 3.8) is 0 Å². The average molecular weight is 423 g/mol. The number of rotatable bonds is 8. The largest absolute Gasteiger partial charge is 0.390 e. The van der Waals surface area contributed by atoms with E-state index in [1.54, 1.807) is 18.2 Å². The third kappa shape index (κ3) is 4.73. The molecular formula is C24H23FN2O2S. The number of aliphatic hydroxyl groups excluding tert-OH is 1. The van der Waals surface area contributed by atoms with Gasteiger partial charge < -0.3 is 9.84 Å². The summed E-state index contributed by atoms with van der Waals surface area (Å²) in [6.07, 6.45) is -0.687. The first-order valence-corrected chi connectivity index (χ1v) is 10.8. The number of aryl methyl sites for hydroxylation is 1. The molecule has 0 aliphatic rings. The number of nitrogens with zero attached hydrogens (tertiary/aromatic N) is 2. The van der Waals surface area contributed by atoms with E-state index >= 15 is 0 Å². The molecule has 0 aliphatic heterocycles. The Morgan fingerprint density at radius 3 is 2.57 bits per heavy atom. The number of imidazole rings is 1. The van der Waals surface area contributed by atoms with Gasteiger partial charge in [0.2, 0.25) is 0 Å². The Morgan fingerprint density at radius 1 is 1.03 bits per heavy atom. The molecule has 4 rings (SSSR count). The summed E-state index contributed by atoms with van der Waals surface area (Å²) in [6.45, 7) is 2.32. The van der Waals surface area contributed by atoms with Gasteiger partial charge in [0.15, 0.2) is 5.16 Å². The minimum absolute atomic E-state index is 0.131. The number of thioether (sulfide) groups is 1. The Morgan fingerprint density at radius 2 is 1.77 bits per heavy atom. The van der Waals surface area contributed by atoms with Crippen LogP contribution >= 0.6 is 11.8 Å². The van der Waals surface area contributed by atoms with Crippen LogP contribution in [0.25, 0.3) is 16.7 Å². The molecule has 0 bridgehead atoms. The van der Waals surface area contributed by atoms with Gasteiger partial charge in [-0.1, -0.05) is 59.8 Å². The van der Waals surface area contributed by atoms with Crippen molar-refractivity contribution in [2.24, 2.45) is 0 Å². The molecular weight excluding hydrogens is 399 g/mol. The summed E-state index contributed by atoms with van der Waals surface area (Å²) < 4.78 is 21.3. The molecule has 1 N–H and O–H groups in total.